The summed E-state index contributed by atoms with van der Waals surface area (Å²) < 4.78 is 2.05. The number of amides is 1. The number of carbonyl (C=O) groups excluding carboxylic acids is 1. The fourth-order valence-corrected chi connectivity index (χ4v) is 3.59. The number of hydrogen-bond acceptors (Lipinski definition) is 4. The second kappa shape index (κ2) is 6.14. The fraction of sp³-hybridized carbons (Fsp3) is 0.0526. The van der Waals surface area contributed by atoms with Crippen molar-refractivity contribution in [3.05, 3.63) is 65.2 Å². The Morgan fingerprint density at radius 2 is 1.92 bits per heavy atom. The number of aryl methyl sites for hydroxylation is 1. The fourth-order valence-electron chi connectivity index (χ4n) is 2.75. The van der Waals surface area contributed by atoms with Crippen molar-refractivity contribution in [2.24, 2.45) is 12.0 Å². The largest absolute Gasteiger partial charge is 0.508 e. The van der Waals surface area contributed by atoms with Gasteiger partial charge in [-0.05, 0) is 48.2 Å². The minimum absolute atomic E-state index is 0.157. The monoisotopic (exact) mass is 349 g/mol. The molecule has 6 heteroatoms. The molecule has 124 valence electrons. The van der Waals surface area contributed by atoms with Gasteiger partial charge in [-0.1, -0.05) is 18.2 Å². The lowest BCUT2D eigenvalue weighted by Crippen LogP contribution is -2.19. The third kappa shape index (κ3) is 3.04. The van der Waals surface area contributed by atoms with E-state index in [0.717, 1.165) is 16.5 Å². The molecular formula is C19H15N3O2S. The van der Waals surface area contributed by atoms with Crippen molar-refractivity contribution in [2.45, 2.75) is 0 Å². The van der Waals surface area contributed by atoms with E-state index >= 15 is 0 Å². The zero-order valence-corrected chi connectivity index (χ0v) is 14.2. The molecule has 2 N–H and O–H groups in total. The van der Waals surface area contributed by atoms with Crippen LogP contribution in [0.2, 0.25) is 0 Å². The van der Waals surface area contributed by atoms with Gasteiger partial charge in [0.05, 0.1) is 10.6 Å². The molecule has 1 aliphatic rings. The van der Waals surface area contributed by atoms with Gasteiger partial charge in [0.2, 0.25) is 0 Å². The third-order valence-corrected chi connectivity index (χ3v) is 4.86. The predicted molar refractivity (Wildman–Crippen MR) is 102 cm³/mol. The minimum Gasteiger partial charge on any atom is -0.508 e. The molecule has 0 bridgehead atoms. The Labute approximate surface area is 148 Å². The summed E-state index contributed by atoms with van der Waals surface area (Å²) in [4.78, 5) is 17.3. The van der Waals surface area contributed by atoms with E-state index < -0.39 is 0 Å². The van der Waals surface area contributed by atoms with E-state index in [9.17, 15) is 9.90 Å². The molecule has 0 aliphatic carbocycles. The SMILES string of the molecule is Cn1cc(/C=C2\SC(=Nc3ccc(O)cc3)NC2=O)c2ccccc21. The topological polar surface area (TPSA) is 66.6 Å². The summed E-state index contributed by atoms with van der Waals surface area (Å²) in [7, 11) is 1.99. The lowest BCUT2D eigenvalue weighted by atomic mass is 10.1. The molecule has 0 atom stereocenters. The quantitative estimate of drug-likeness (QED) is 0.692. The highest BCUT2D eigenvalue weighted by atomic mass is 32.2. The molecule has 2 heterocycles. The Morgan fingerprint density at radius 3 is 2.72 bits per heavy atom. The van der Waals surface area contributed by atoms with Gasteiger partial charge in [-0.3, -0.25) is 4.79 Å². The Morgan fingerprint density at radius 1 is 1.16 bits per heavy atom. The van der Waals surface area contributed by atoms with E-state index in [1.54, 1.807) is 24.3 Å². The first kappa shape index (κ1) is 15.5. The number of hydrogen-bond donors (Lipinski definition) is 2. The van der Waals surface area contributed by atoms with Crippen molar-refractivity contribution in [2.75, 3.05) is 0 Å². The molecule has 1 fully saturated rings. The van der Waals surface area contributed by atoms with E-state index in [1.807, 2.05) is 42.1 Å². The Bertz CT molecular complexity index is 1030. The van der Waals surface area contributed by atoms with Gasteiger partial charge in [-0.2, -0.15) is 0 Å². The number of amidine groups is 1. The number of thioether (sulfide) groups is 1. The van der Waals surface area contributed by atoms with Crippen LogP contribution in [-0.2, 0) is 11.8 Å². The number of aromatic nitrogens is 1. The van der Waals surface area contributed by atoms with Gasteiger partial charge in [0.25, 0.3) is 5.91 Å². The zero-order chi connectivity index (χ0) is 17.4. The number of nitrogens with one attached hydrogen (secondary N) is 1. The molecule has 0 unspecified atom stereocenters. The van der Waals surface area contributed by atoms with Crippen LogP contribution in [0.4, 0.5) is 5.69 Å². The smallest absolute Gasteiger partial charge is 0.264 e. The first-order valence-electron chi connectivity index (χ1n) is 7.73. The molecule has 3 aromatic rings. The number of rotatable bonds is 2. The molecule has 4 rings (SSSR count). The average Bonchev–Trinajstić information content (AvgIpc) is 3.11. The van der Waals surface area contributed by atoms with Gasteiger partial charge < -0.3 is 15.0 Å². The number of para-hydroxylation sites is 1. The zero-order valence-electron chi connectivity index (χ0n) is 13.4. The van der Waals surface area contributed by atoms with Crippen LogP contribution in [0.1, 0.15) is 5.56 Å². The van der Waals surface area contributed by atoms with Crippen molar-refractivity contribution in [3.63, 3.8) is 0 Å². The second-order valence-electron chi connectivity index (χ2n) is 5.71. The average molecular weight is 349 g/mol. The predicted octanol–water partition coefficient (Wildman–Crippen LogP) is 3.78. The van der Waals surface area contributed by atoms with Crippen LogP contribution in [0.25, 0.3) is 17.0 Å². The number of aliphatic imine (C=N–C) groups is 1. The number of fused-ring (bicyclic) bond motifs is 1. The highest BCUT2D eigenvalue weighted by molar-refractivity contribution is 8.18. The third-order valence-electron chi connectivity index (χ3n) is 3.95. The highest BCUT2D eigenvalue weighted by Gasteiger charge is 2.24. The molecule has 1 amide bonds. The van der Waals surface area contributed by atoms with E-state index in [1.165, 1.54) is 11.8 Å². The van der Waals surface area contributed by atoms with Crippen LogP contribution < -0.4 is 5.32 Å². The molecule has 2 aromatic carbocycles. The van der Waals surface area contributed by atoms with E-state index in [4.69, 9.17) is 0 Å². The van der Waals surface area contributed by atoms with Gasteiger partial charge in [-0.15, -0.1) is 0 Å². The molecule has 1 aliphatic heterocycles. The Balaban J connectivity index is 1.66. The Kier molecular flexibility index (Phi) is 3.82. The van der Waals surface area contributed by atoms with E-state index in [0.29, 0.717) is 15.8 Å². The summed E-state index contributed by atoms with van der Waals surface area (Å²) in [6, 6.07) is 14.6. The maximum Gasteiger partial charge on any atom is 0.264 e. The van der Waals surface area contributed by atoms with Crippen molar-refractivity contribution in [3.8, 4) is 5.75 Å². The number of aromatic hydroxyl groups is 1. The summed E-state index contributed by atoms with van der Waals surface area (Å²) in [6.45, 7) is 0. The van der Waals surface area contributed by atoms with Crippen LogP contribution in [0.3, 0.4) is 0 Å². The minimum atomic E-state index is -0.157. The van der Waals surface area contributed by atoms with Crippen molar-refractivity contribution < 1.29 is 9.90 Å². The van der Waals surface area contributed by atoms with Crippen LogP contribution in [0.5, 0.6) is 5.75 Å². The van der Waals surface area contributed by atoms with E-state index in [-0.39, 0.29) is 11.7 Å². The van der Waals surface area contributed by atoms with Gasteiger partial charge in [-0.25, -0.2) is 4.99 Å². The first-order valence-corrected chi connectivity index (χ1v) is 8.54. The number of phenols is 1. The molecule has 0 spiro atoms. The van der Waals surface area contributed by atoms with Crippen molar-refractivity contribution in [1.82, 2.24) is 9.88 Å². The number of carbonyl (C=O) groups is 1. The summed E-state index contributed by atoms with van der Waals surface area (Å²) in [5.74, 6) is 0.0269. The summed E-state index contributed by atoms with van der Waals surface area (Å²) >= 11 is 1.31. The number of phenolic OH excluding ortho intramolecular Hbond substituents is 1. The van der Waals surface area contributed by atoms with Gasteiger partial charge in [0.1, 0.15) is 5.75 Å². The van der Waals surface area contributed by atoms with Crippen molar-refractivity contribution in [1.29, 1.82) is 0 Å². The Hall–Kier alpha value is -2.99. The maximum atomic E-state index is 12.2. The van der Waals surface area contributed by atoms with E-state index in [2.05, 4.69) is 16.4 Å². The van der Waals surface area contributed by atoms with Crippen LogP contribution in [-0.4, -0.2) is 20.7 Å². The number of nitrogens with zero attached hydrogens (tertiary/aromatic N) is 2. The molecule has 1 saturated heterocycles. The normalized spacial score (nSPS) is 17.6. The molecule has 5 nitrogen and oxygen atoms in total. The maximum absolute atomic E-state index is 12.2. The van der Waals surface area contributed by atoms with Gasteiger partial charge >= 0.3 is 0 Å². The molecular weight excluding hydrogens is 334 g/mol. The highest BCUT2D eigenvalue weighted by Crippen LogP contribution is 2.30. The molecule has 0 radical (unpaired) electrons. The number of benzene rings is 2. The molecule has 1 aromatic heterocycles. The summed E-state index contributed by atoms with van der Waals surface area (Å²) in [6.07, 6.45) is 3.91. The molecule has 25 heavy (non-hydrogen) atoms. The van der Waals surface area contributed by atoms with Gasteiger partial charge in [0.15, 0.2) is 5.17 Å². The molecule has 0 saturated carbocycles. The second-order valence-corrected chi connectivity index (χ2v) is 6.74. The summed E-state index contributed by atoms with van der Waals surface area (Å²) in [5, 5.41) is 13.7. The van der Waals surface area contributed by atoms with Gasteiger partial charge in [0, 0.05) is 29.7 Å². The lowest BCUT2D eigenvalue weighted by Gasteiger charge is -1.96. The lowest BCUT2D eigenvalue weighted by molar-refractivity contribution is -0.115. The van der Waals surface area contributed by atoms with Crippen LogP contribution in [0, 0.1) is 0 Å². The first-order chi connectivity index (χ1) is 12.1. The van der Waals surface area contributed by atoms with Crippen LogP contribution >= 0.6 is 11.8 Å². The summed E-state index contributed by atoms with van der Waals surface area (Å²) in [5.41, 5.74) is 2.80. The van der Waals surface area contributed by atoms with Crippen LogP contribution in [0.15, 0.2) is 64.6 Å². The standard InChI is InChI=1S/C19H15N3O2S/c1-22-11-12(15-4-2-3-5-16(15)22)10-17-18(24)21-19(25-17)20-13-6-8-14(23)9-7-13/h2-11,23H,1H3,(H,20,21,24)/b17-10-. The van der Waals surface area contributed by atoms with Crippen molar-refractivity contribution >= 4 is 45.5 Å².